The van der Waals surface area contributed by atoms with E-state index in [1.54, 1.807) is 24.3 Å². The smallest absolute Gasteiger partial charge is 0.236 e. The number of hydrogen-bond acceptors (Lipinski definition) is 2. The molecule has 1 unspecified atom stereocenters. The quantitative estimate of drug-likeness (QED) is 0.693. The van der Waals surface area contributed by atoms with Crippen molar-refractivity contribution in [3.8, 4) is 0 Å². The molecule has 0 saturated carbocycles. The topological polar surface area (TPSA) is 72.2 Å². The van der Waals surface area contributed by atoms with Crippen molar-refractivity contribution < 1.29 is 9.59 Å². The van der Waals surface area contributed by atoms with Crippen LogP contribution in [-0.4, -0.2) is 11.8 Å². The highest BCUT2D eigenvalue weighted by Crippen LogP contribution is 2.07. The average molecular weight is 192 g/mol. The van der Waals surface area contributed by atoms with Crippen molar-refractivity contribution in [2.24, 2.45) is 11.7 Å². The zero-order valence-corrected chi connectivity index (χ0v) is 7.86. The SMILES string of the molecule is CC(C(N)=O)C(=O)Nc1ccccc1. The molecular weight excluding hydrogens is 180 g/mol. The number of carbonyl (C=O) groups is 2. The second-order valence-electron chi connectivity index (χ2n) is 2.98. The largest absolute Gasteiger partial charge is 0.369 e. The summed E-state index contributed by atoms with van der Waals surface area (Å²) in [6, 6.07) is 8.92. The van der Waals surface area contributed by atoms with Gasteiger partial charge in [-0.05, 0) is 19.1 Å². The minimum Gasteiger partial charge on any atom is -0.369 e. The molecule has 0 aliphatic rings. The van der Waals surface area contributed by atoms with Crippen LogP contribution in [0, 0.1) is 5.92 Å². The van der Waals surface area contributed by atoms with Crippen LogP contribution in [0.25, 0.3) is 0 Å². The van der Waals surface area contributed by atoms with E-state index in [-0.39, 0.29) is 5.91 Å². The van der Waals surface area contributed by atoms with Crippen LogP contribution in [0.5, 0.6) is 0 Å². The van der Waals surface area contributed by atoms with Gasteiger partial charge in [0.15, 0.2) is 0 Å². The van der Waals surface area contributed by atoms with Crippen molar-refractivity contribution in [1.29, 1.82) is 0 Å². The van der Waals surface area contributed by atoms with Crippen LogP contribution in [0.1, 0.15) is 6.92 Å². The number of rotatable bonds is 3. The Morgan fingerprint density at radius 3 is 2.36 bits per heavy atom. The van der Waals surface area contributed by atoms with Gasteiger partial charge in [0.1, 0.15) is 5.92 Å². The summed E-state index contributed by atoms with van der Waals surface area (Å²) < 4.78 is 0. The van der Waals surface area contributed by atoms with E-state index in [0.717, 1.165) is 0 Å². The molecule has 0 heterocycles. The molecule has 0 aliphatic carbocycles. The maximum atomic E-state index is 11.3. The Morgan fingerprint density at radius 1 is 1.29 bits per heavy atom. The first-order valence-corrected chi connectivity index (χ1v) is 4.26. The summed E-state index contributed by atoms with van der Waals surface area (Å²) in [6.45, 7) is 1.47. The van der Waals surface area contributed by atoms with Gasteiger partial charge < -0.3 is 11.1 Å². The van der Waals surface area contributed by atoms with Crippen molar-refractivity contribution in [2.75, 3.05) is 5.32 Å². The summed E-state index contributed by atoms with van der Waals surface area (Å²) in [7, 11) is 0. The van der Waals surface area contributed by atoms with Crippen molar-refractivity contribution >= 4 is 17.5 Å². The maximum Gasteiger partial charge on any atom is 0.236 e. The lowest BCUT2D eigenvalue weighted by atomic mass is 10.1. The average Bonchev–Trinajstić information content (AvgIpc) is 2.18. The molecule has 1 rings (SSSR count). The van der Waals surface area contributed by atoms with Gasteiger partial charge in [0.25, 0.3) is 0 Å². The molecule has 4 nitrogen and oxygen atoms in total. The Morgan fingerprint density at radius 2 is 1.86 bits per heavy atom. The van der Waals surface area contributed by atoms with Gasteiger partial charge in [0, 0.05) is 5.69 Å². The number of hydrogen-bond donors (Lipinski definition) is 2. The second kappa shape index (κ2) is 4.41. The fourth-order valence-corrected chi connectivity index (χ4v) is 0.901. The van der Waals surface area contributed by atoms with E-state index in [0.29, 0.717) is 5.69 Å². The first kappa shape index (κ1) is 10.2. The number of nitrogens with two attached hydrogens (primary N) is 1. The second-order valence-corrected chi connectivity index (χ2v) is 2.98. The predicted molar refractivity (Wildman–Crippen MR) is 53.4 cm³/mol. The summed E-state index contributed by atoms with van der Waals surface area (Å²) in [5.74, 6) is -1.82. The third kappa shape index (κ3) is 2.58. The Labute approximate surface area is 82.1 Å². The lowest BCUT2D eigenvalue weighted by Crippen LogP contribution is -2.32. The van der Waals surface area contributed by atoms with Crippen LogP contribution >= 0.6 is 0 Å². The number of para-hydroxylation sites is 1. The van der Waals surface area contributed by atoms with Gasteiger partial charge in [-0.1, -0.05) is 18.2 Å². The summed E-state index contributed by atoms with van der Waals surface area (Å²) >= 11 is 0. The van der Waals surface area contributed by atoms with Gasteiger partial charge in [0.05, 0.1) is 0 Å². The summed E-state index contributed by atoms with van der Waals surface area (Å²) in [4.78, 5) is 22.0. The fourth-order valence-electron chi connectivity index (χ4n) is 0.901. The summed E-state index contributed by atoms with van der Waals surface area (Å²) in [5.41, 5.74) is 5.65. The number of benzene rings is 1. The number of amides is 2. The first-order valence-electron chi connectivity index (χ1n) is 4.26. The van der Waals surface area contributed by atoms with Crippen LogP contribution in [0.15, 0.2) is 30.3 Å². The summed E-state index contributed by atoms with van der Waals surface area (Å²) in [6.07, 6.45) is 0. The molecule has 0 aliphatic heterocycles. The van der Waals surface area contributed by atoms with Crippen molar-refractivity contribution in [3.63, 3.8) is 0 Å². The molecule has 0 radical (unpaired) electrons. The lowest BCUT2D eigenvalue weighted by molar-refractivity contribution is -0.129. The molecular formula is C10H12N2O2. The molecule has 0 spiro atoms. The van der Waals surface area contributed by atoms with Crippen LogP contribution in [0.4, 0.5) is 5.69 Å². The first-order chi connectivity index (χ1) is 6.61. The third-order valence-corrected chi connectivity index (χ3v) is 1.86. The van der Waals surface area contributed by atoms with E-state index in [1.807, 2.05) is 6.07 Å². The van der Waals surface area contributed by atoms with Crippen LogP contribution < -0.4 is 11.1 Å². The van der Waals surface area contributed by atoms with Gasteiger partial charge in [-0.2, -0.15) is 0 Å². The molecule has 3 N–H and O–H groups in total. The minimum atomic E-state index is -0.810. The highest BCUT2D eigenvalue weighted by atomic mass is 16.2. The number of primary amides is 1. The van der Waals surface area contributed by atoms with Gasteiger partial charge in [0.2, 0.25) is 11.8 Å². The highest BCUT2D eigenvalue weighted by Gasteiger charge is 2.17. The molecule has 2 amide bonds. The highest BCUT2D eigenvalue weighted by molar-refractivity contribution is 6.05. The van der Waals surface area contributed by atoms with Crippen LogP contribution in [0.2, 0.25) is 0 Å². The van der Waals surface area contributed by atoms with Crippen molar-refractivity contribution in [1.82, 2.24) is 0 Å². The van der Waals surface area contributed by atoms with E-state index in [4.69, 9.17) is 5.73 Å². The van der Waals surface area contributed by atoms with Gasteiger partial charge in [-0.3, -0.25) is 9.59 Å². The molecule has 74 valence electrons. The number of anilines is 1. The maximum absolute atomic E-state index is 11.3. The van der Waals surface area contributed by atoms with E-state index in [1.165, 1.54) is 6.92 Å². The van der Waals surface area contributed by atoms with E-state index in [9.17, 15) is 9.59 Å². The minimum absolute atomic E-state index is 0.385. The van der Waals surface area contributed by atoms with Gasteiger partial charge in [-0.15, -0.1) is 0 Å². The fraction of sp³-hybridized carbons (Fsp3) is 0.200. The number of carbonyl (C=O) groups excluding carboxylic acids is 2. The molecule has 14 heavy (non-hydrogen) atoms. The molecule has 1 aromatic carbocycles. The van der Waals surface area contributed by atoms with Gasteiger partial charge in [-0.25, -0.2) is 0 Å². The number of nitrogens with one attached hydrogen (secondary N) is 1. The zero-order chi connectivity index (χ0) is 10.6. The molecule has 0 saturated heterocycles. The van der Waals surface area contributed by atoms with Gasteiger partial charge >= 0.3 is 0 Å². The zero-order valence-electron chi connectivity index (χ0n) is 7.86. The van der Waals surface area contributed by atoms with Crippen LogP contribution in [-0.2, 0) is 9.59 Å². The molecule has 0 aromatic heterocycles. The lowest BCUT2D eigenvalue weighted by Gasteiger charge is -2.08. The molecule has 1 atom stereocenters. The Balaban J connectivity index is 2.62. The molecule has 1 aromatic rings. The Kier molecular flexibility index (Phi) is 3.23. The predicted octanol–water partition coefficient (Wildman–Crippen LogP) is 0.746. The normalized spacial score (nSPS) is 11.8. The monoisotopic (exact) mass is 192 g/mol. The third-order valence-electron chi connectivity index (χ3n) is 1.86. The summed E-state index contributed by atoms with van der Waals surface area (Å²) in [5, 5.41) is 2.58. The molecule has 0 fully saturated rings. The van der Waals surface area contributed by atoms with Crippen molar-refractivity contribution in [3.05, 3.63) is 30.3 Å². The van der Waals surface area contributed by atoms with E-state index in [2.05, 4.69) is 5.32 Å². The Hall–Kier alpha value is -1.84. The van der Waals surface area contributed by atoms with Crippen molar-refractivity contribution in [2.45, 2.75) is 6.92 Å². The van der Waals surface area contributed by atoms with Crippen LogP contribution in [0.3, 0.4) is 0 Å². The standard InChI is InChI=1S/C10H12N2O2/c1-7(9(11)13)10(14)12-8-5-3-2-4-6-8/h2-7H,1H3,(H2,11,13)(H,12,14). The van der Waals surface area contributed by atoms with E-state index >= 15 is 0 Å². The Bertz CT molecular complexity index is 335. The molecule has 0 bridgehead atoms. The van der Waals surface area contributed by atoms with E-state index < -0.39 is 11.8 Å². The molecule has 4 heteroatoms.